The highest BCUT2D eigenvalue weighted by atomic mass is 35.5. The average molecular weight is 488 g/mol. The molecule has 0 aliphatic carbocycles. The SMILES string of the molecule is O=C(CSc1nnc(Nc2ccc(Oc3ccccc3)cc2)s1)c1ccc(Cl)c(Cl)c1. The summed E-state index contributed by atoms with van der Waals surface area (Å²) in [6, 6.07) is 22.0. The third-order valence-corrected chi connectivity index (χ3v) is 6.77. The van der Waals surface area contributed by atoms with Gasteiger partial charge < -0.3 is 10.1 Å². The second-order valence-electron chi connectivity index (χ2n) is 6.28. The van der Waals surface area contributed by atoms with Crippen molar-refractivity contribution in [3.8, 4) is 11.5 Å². The Hall–Kier alpha value is -2.58. The van der Waals surface area contributed by atoms with Gasteiger partial charge in [0.25, 0.3) is 0 Å². The van der Waals surface area contributed by atoms with Crippen LogP contribution < -0.4 is 10.1 Å². The van der Waals surface area contributed by atoms with Gasteiger partial charge in [0.15, 0.2) is 10.1 Å². The summed E-state index contributed by atoms with van der Waals surface area (Å²) in [4.78, 5) is 12.3. The van der Waals surface area contributed by atoms with Gasteiger partial charge in [-0.05, 0) is 54.6 Å². The van der Waals surface area contributed by atoms with Gasteiger partial charge in [0, 0.05) is 11.3 Å². The van der Waals surface area contributed by atoms with Crippen LogP contribution in [0.25, 0.3) is 0 Å². The molecule has 0 saturated heterocycles. The van der Waals surface area contributed by atoms with Crippen molar-refractivity contribution >= 4 is 62.9 Å². The molecule has 0 spiro atoms. The Kier molecular flexibility index (Phi) is 7.09. The summed E-state index contributed by atoms with van der Waals surface area (Å²) in [5, 5.41) is 12.9. The van der Waals surface area contributed by atoms with Crippen LogP contribution in [-0.4, -0.2) is 21.7 Å². The lowest BCUT2D eigenvalue weighted by molar-refractivity contribution is 0.102. The molecule has 1 heterocycles. The minimum Gasteiger partial charge on any atom is -0.457 e. The van der Waals surface area contributed by atoms with Crippen LogP contribution in [0, 0.1) is 0 Å². The molecule has 0 amide bonds. The summed E-state index contributed by atoms with van der Waals surface area (Å²) in [5.74, 6) is 1.70. The van der Waals surface area contributed by atoms with Crippen LogP contribution in [0.4, 0.5) is 10.8 Å². The van der Waals surface area contributed by atoms with Gasteiger partial charge in [-0.2, -0.15) is 0 Å². The molecule has 31 heavy (non-hydrogen) atoms. The number of Topliss-reactive ketones (excluding diaryl/α,β-unsaturated/α-hetero) is 1. The number of halogens is 2. The average Bonchev–Trinajstić information content (AvgIpc) is 3.23. The van der Waals surface area contributed by atoms with Gasteiger partial charge in [-0.25, -0.2) is 0 Å². The molecule has 156 valence electrons. The molecular weight excluding hydrogens is 473 g/mol. The Morgan fingerprint density at radius 2 is 1.68 bits per heavy atom. The smallest absolute Gasteiger partial charge is 0.210 e. The molecule has 4 aromatic rings. The lowest BCUT2D eigenvalue weighted by Gasteiger charge is -2.06. The Morgan fingerprint density at radius 3 is 2.42 bits per heavy atom. The molecule has 0 bridgehead atoms. The Balaban J connectivity index is 1.31. The third kappa shape index (κ3) is 5.98. The molecule has 5 nitrogen and oxygen atoms in total. The first-order valence-corrected chi connectivity index (χ1v) is 11.7. The number of ether oxygens (including phenoxy) is 1. The molecule has 4 rings (SSSR count). The van der Waals surface area contributed by atoms with Crippen LogP contribution >= 0.6 is 46.3 Å². The van der Waals surface area contributed by atoms with E-state index in [0.717, 1.165) is 17.2 Å². The molecule has 0 radical (unpaired) electrons. The van der Waals surface area contributed by atoms with E-state index in [1.165, 1.54) is 23.1 Å². The third-order valence-electron chi connectivity index (χ3n) is 4.06. The largest absolute Gasteiger partial charge is 0.457 e. The Labute approximate surface area is 197 Å². The number of ketones is 1. The van der Waals surface area contributed by atoms with Crippen LogP contribution in [0.1, 0.15) is 10.4 Å². The quantitative estimate of drug-likeness (QED) is 0.207. The van der Waals surface area contributed by atoms with Crippen LogP contribution in [0.2, 0.25) is 10.0 Å². The number of nitrogens with one attached hydrogen (secondary N) is 1. The highest BCUT2D eigenvalue weighted by molar-refractivity contribution is 8.01. The molecule has 0 fully saturated rings. The van der Waals surface area contributed by atoms with E-state index < -0.39 is 0 Å². The van der Waals surface area contributed by atoms with Crippen molar-refractivity contribution in [3.63, 3.8) is 0 Å². The zero-order valence-electron chi connectivity index (χ0n) is 15.9. The number of anilines is 2. The fourth-order valence-corrected chi connectivity index (χ4v) is 4.52. The molecule has 0 unspecified atom stereocenters. The maximum Gasteiger partial charge on any atom is 0.210 e. The molecule has 0 aliphatic rings. The number of hydrogen-bond donors (Lipinski definition) is 1. The normalized spacial score (nSPS) is 10.6. The predicted molar refractivity (Wildman–Crippen MR) is 128 cm³/mol. The fraction of sp³-hybridized carbons (Fsp3) is 0.0455. The van der Waals surface area contributed by atoms with Gasteiger partial charge in [-0.3, -0.25) is 4.79 Å². The minimum absolute atomic E-state index is 0.0534. The molecule has 0 aliphatic heterocycles. The molecule has 9 heteroatoms. The first-order valence-electron chi connectivity index (χ1n) is 9.11. The topological polar surface area (TPSA) is 64.1 Å². The highest BCUT2D eigenvalue weighted by Gasteiger charge is 2.12. The van der Waals surface area contributed by atoms with Crippen molar-refractivity contribution in [1.82, 2.24) is 10.2 Å². The van der Waals surface area contributed by atoms with Crippen molar-refractivity contribution in [2.45, 2.75) is 4.34 Å². The number of nitrogens with zero attached hydrogens (tertiary/aromatic N) is 2. The lowest BCUT2D eigenvalue weighted by Crippen LogP contribution is -2.02. The summed E-state index contributed by atoms with van der Waals surface area (Å²) in [6.45, 7) is 0. The lowest BCUT2D eigenvalue weighted by atomic mass is 10.1. The van der Waals surface area contributed by atoms with Gasteiger partial charge in [0.2, 0.25) is 5.13 Å². The monoisotopic (exact) mass is 487 g/mol. The maximum atomic E-state index is 12.3. The number of hydrogen-bond acceptors (Lipinski definition) is 7. The number of carbonyl (C=O) groups is 1. The molecule has 1 aromatic heterocycles. The van der Waals surface area contributed by atoms with E-state index in [4.69, 9.17) is 27.9 Å². The Morgan fingerprint density at radius 1 is 0.935 bits per heavy atom. The number of aromatic nitrogens is 2. The van der Waals surface area contributed by atoms with Gasteiger partial charge in [0.05, 0.1) is 15.8 Å². The van der Waals surface area contributed by atoms with Gasteiger partial charge in [0.1, 0.15) is 11.5 Å². The maximum absolute atomic E-state index is 12.3. The van der Waals surface area contributed by atoms with E-state index in [-0.39, 0.29) is 11.5 Å². The molecule has 3 aromatic carbocycles. The summed E-state index contributed by atoms with van der Waals surface area (Å²) < 4.78 is 6.48. The number of carbonyl (C=O) groups excluding carboxylic acids is 1. The number of rotatable bonds is 8. The number of para-hydroxylation sites is 1. The van der Waals surface area contributed by atoms with E-state index >= 15 is 0 Å². The summed E-state index contributed by atoms with van der Waals surface area (Å²) in [6.07, 6.45) is 0. The summed E-state index contributed by atoms with van der Waals surface area (Å²) in [5.41, 5.74) is 1.38. The Bertz CT molecular complexity index is 1190. The number of thioether (sulfide) groups is 1. The van der Waals surface area contributed by atoms with Crippen molar-refractivity contribution in [1.29, 1.82) is 0 Å². The minimum atomic E-state index is -0.0534. The van der Waals surface area contributed by atoms with Crippen LogP contribution in [0.15, 0.2) is 77.1 Å². The zero-order valence-corrected chi connectivity index (χ0v) is 19.1. The van der Waals surface area contributed by atoms with Crippen molar-refractivity contribution in [3.05, 3.63) is 88.4 Å². The van der Waals surface area contributed by atoms with Crippen molar-refractivity contribution in [2.24, 2.45) is 0 Å². The molecular formula is C22H15Cl2N3O2S2. The molecule has 0 atom stereocenters. The first-order chi connectivity index (χ1) is 15.1. The first kappa shape index (κ1) is 21.6. The second kappa shape index (κ2) is 10.2. The van der Waals surface area contributed by atoms with Crippen LogP contribution in [0.5, 0.6) is 11.5 Å². The van der Waals surface area contributed by atoms with Crippen molar-refractivity contribution < 1.29 is 9.53 Å². The standard InChI is InChI=1S/C22H15Cl2N3O2S2/c23-18-11-6-14(12-19(18)24)20(28)13-30-22-27-26-21(31-22)25-15-7-9-17(10-8-15)29-16-4-2-1-3-5-16/h1-12H,13H2,(H,25,26). The van der Waals surface area contributed by atoms with Crippen LogP contribution in [-0.2, 0) is 0 Å². The summed E-state index contributed by atoms with van der Waals surface area (Å²) >= 11 is 14.6. The summed E-state index contributed by atoms with van der Waals surface area (Å²) in [7, 11) is 0. The van der Waals surface area contributed by atoms with E-state index in [2.05, 4.69) is 15.5 Å². The van der Waals surface area contributed by atoms with Gasteiger partial charge in [-0.15, -0.1) is 10.2 Å². The van der Waals surface area contributed by atoms with E-state index in [1.54, 1.807) is 18.2 Å². The molecule has 0 saturated carbocycles. The van der Waals surface area contributed by atoms with Gasteiger partial charge >= 0.3 is 0 Å². The van der Waals surface area contributed by atoms with Crippen LogP contribution in [0.3, 0.4) is 0 Å². The second-order valence-corrected chi connectivity index (χ2v) is 9.29. The number of benzene rings is 3. The fourth-order valence-electron chi connectivity index (χ4n) is 2.55. The van der Waals surface area contributed by atoms with E-state index in [1.807, 2.05) is 54.6 Å². The van der Waals surface area contributed by atoms with E-state index in [9.17, 15) is 4.79 Å². The molecule has 1 N–H and O–H groups in total. The highest BCUT2D eigenvalue weighted by Crippen LogP contribution is 2.30. The van der Waals surface area contributed by atoms with Crippen molar-refractivity contribution in [2.75, 3.05) is 11.1 Å². The zero-order chi connectivity index (χ0) is 21.6. The van der Waals surface area contributed by atoms with E-state index in [0.29, 0.717) is 25.1 Å². The predicted octanol–water partition coefficient (Wildman–Crippen LogP) is 7.36. The van der Waals surface area contributed by atoms with Gasteiger partial charge in [-0.1, -0.05) is 64.5 Å².